The molecule has 0 aliphatic carbocycles. The van der Waals surface area contributed by atoms with E-state index in [1.165, 1.54) is 5.56 Å². The van der Waals surface area contributed by atoms with Crippen LogP contribution in [-0.4, -0.2) is 22.6 Å². The molecule has 0 fully saturated rings. The van der Waals surface area contributed by atoms with Crippen molar-refractivity contribution in [2.45, 2.75) is 19.9 Å². The second kappa shape index (κ2) is 6.47. The first kappa shape index (κ1) is 13.0. The fourth-order valence-electron chi connectivity index (χ4n) is 1.68. The first-order valence-corrected chi connectivity index (χ1v) is 6.96. The molecule has 2 aromatic rings. The van der Waals surface area contributed by atoms with Crippen LogP contribution >= 0.6 is 11.3 Å². The topological polar surface area (TPSA) is 46.9 Å². The molecule has 0 spiro atoms. The molecular formula is C13H17N3OS. The Morgan fingerprint density at radius 1 is 1.39 bits per heavy atom. The lowest BCUT2D eigenvalue weighted by molar-refractivity contribution is 0.575. The number of hydrogen-bond donors (Lipinski definition) is 1. The van der Waals surface area contributed by atoms with Crippen LogP contribution in [0.25, 0.3) is 0 Å². The van der Waals surface area contributed by atoms with Gasteiger partial charge in [-0.1, -0.05) is 0 Å². The first-order valence-electron chi connectivity index (χ1n) is 6.01. The van der Waals surface area contributed by atoms with Crippen LogP contribution in [0, 0.1) is 6.92 Å². The molecule has 0 bridgehead atoms. The molecule has 5 heteroatoms. The van der Waals surface area contributed by atoms with Gasteiger partial charge in [-0.2, -0.15) is 16.3 Å². The molecule has 18 heavy (non-hydrogen) atoms. The third-order valence-electron chi connectivity index (χ3n) is 2.71. The molecule has 0 saturated heterocycles. The lowest BCUT2D eigenvalue weighted by Gasteiger charge is -2.06. The summed E-state index contributed by atoms with van der Waals surface area (Å²) >= 11 is 1.72. The van der Waals surface area contributed by atoms with E-state index in [9.17, 15) is 4.79 Å². The number of aromatic nitrogens is 2. The van der Waals surface area contributed by atoms with Gasteiger partial charge in [0.1, 0.15) is 0 Å². The molecule has 0 saturated carbocycles. The molecule has 0 aliphatic heterocycles. The summed E-state index contributed by atoms with van der Waals surface area (Å²) in [5, 5.41) is 7.58. The molecule has 2 aromatic heterocycles. The minimum absolute atomic E-state index is 0.172. The summed E-state index contributed by atoms with van der Waals surface area (Å²) in [6.45, 7) is 4.21. The van der Waals surface area contributed by atoms with Crippen LogP contribution in [-0.2, 0) is 13.0 Å². The Labute approximate surface area is 110 Å². The maximum Gasteiger partial charge on any atom is 0.347 e. The summed E-state index contributed by atoms with van der Waals surface area (Å²) in [4.78, 5) is 15.4. The van der Waals surface area contributed by atoms with Crippen molar-refractivity contribution in [1.29, 1.82) is 0 Å². The maximum atomic E-state index is 11.5. The number of nitrogens with one attached hydrogen (secondary N) is 1. The van der Waals surface area contributed by atoms with E-state index in [1.807, 2.05) is 13.0 Å². The van der Waals surface area contributed by atoms with E-state index in [2.05, 4.69) is 27.1 Å². The second-order valence-corrected chi connectivity index (χ2v) is 4.96. The van der Waals surface area contributed by atoms with Crippen LogP contribution < -0.4 is 11.0 Å². The highest BCUT2D eigenvalue weighted by molar-refractivity contribution is 7.07. The third kappa shape index (κ3) is 3.78. The molecule has 1 N–H and O–H groups in total. The largest absolute Gasteiger partial charge is 0.347 e. The monoisotopic (exact) mass is 263 g/mol. The van der Waals surface area contributed by atoms with Crippen molar-refractivity contribution in [2.75, 3.05) is 13.1 Å². The Kier molecular flexibility index (Phi) is 4.66. The first-order chi connectivity index (χ1) is 8.75. The van der Waals surface area contributed by atoms with Gasteiger partial charge in [-0.05, 0) is 48.3 Å². The Balaban J connectivity index is 1.70. The minimum atomic E-state index is -0.172. The smallest absolute Gasteiger partial charge is 0.315 e. The van der Waals surface area contributed by atoms with Crippen molar-refractivity contribution < 1.29 is 0 Å². The van der Waals surface area contributed by atoms with E-state index in [0.717, 1.165) is 25.2 Å². The van der Waals surface area contributed by atoms with Crippen LogP contribution in [0.15, 0.2) is 33.9 Å². The molecule has 0 unspecified atom stereocenters. The average molecular weight is 263 g/mol. The number of aryl methyl sites for hydroxylation is 1. The molecule has 0 amide bonds. The summed E-state index contributed by atoms with van der Waals surface area (Å²) in [5.41, 5.74) is 1.96. The van der Waals surface area contributed by atoms with E-state index >= 15 is 0 Å². The molecule has 96 valence electrons. The van der Waals surface area contributed by atoms with Crippen molar-refractivity contribution in [1.82, 2.24) is 14.9 Å². The van der Waals surface area contributed by atoms with Gasteiger partial charge in [0.05, 0.1) is 0 Å². The summed E-state index contributed by atoms with van der Waals surface area (Å²) in [6, 6.07) is 3.99. The van der Waals surface area contributed by atoms with E-state index in [1.54, 1.807) is 22.1 Å². The van der Waals surface area contributed by atoms with E-state index in [4.69, 9.17) is 0 Å². The van der Waals surface area contributed by atoms with Crippen molar-refractivity contribution in [3.8, 4) is 0 Å². The van der Waals surface area contributed by atoms with Crippen molar-refractivity contribution >= 4 is 11.3 Å². The lowest BCUT2D eigenvalue weighted by Crippen LogP contribution is -2.29. The highest BCUT2D eigenvalue weighted by Crippen LogP contribution is 2.05. The molecule has 2 rings (SSSR count). The van der Waals surface area contributed by atoms with Crippen molar-refractivity contribution in [3.05, 3.63) is 50.8 Å². The van der Waals surface area contributed by atoms with Gasteiger partial charge in [-0.3, -0.25) is 4.57 Å². The SMILES string of the molecule is Cc1ccn(CCNCCc2ccsc2)c(=O)n1. The normalized spacial score (nSPS) is 10.7. The van der Waals surface area contributed by atoms with Crippen molar-refractivity contribution in [2.24, 2.45) is 0 Å². The van der Waals surface area contributed by atoms with Gasteiger partial charge >= 0.3 is 5.69 Å². The molecule has 0 aliphatic rings. The van der Waals surface area contributed by atoms with Gasteiger partial charge in [0.2, 0.25) is 0 Å². The van der Waals surface area contributed by atoms with Gasteiger partial charge in [0.15, 0.2) is 0 Å². The zero-order valence-electron chi connectivity index (χ0n) is 10.4. The number of thiophene rings is 1. The van der Waals surface area contributed by atoms with Crippen molar-refractivity contribution in [3.63, 3.8) is 0 Å². The van der Waals surface area contributed by atoms with Gasteiger partial charge < -0.3 is 5.32 Å². The predicted octanol–water partition coefficient (Wildman–Crippen LogP) is 1.45. The van der Waals surface area contributed by atoms with Crippen LogP contribution in [0.5, 0.6) is 0 Å². The van der Waals surface area contributed by atoms with E-state index in [-0.39, 0.29) is 5.69 Å². The van der Waals surface area contributed by atoms with E-state index in [0.29, 0.717) is 6.54 Å². The van der Waals surface area contributed by atoms with Crippen LogP contribution in [0.1, 0.15) is 11.3 Å². The summed E-state index contributed by atoms with van der Waals surface area (Å²) in [6.07, 6.45) is 2.83. The average Bonchev–Trinajstić information content (AvgIpc) is 2.84. The highest BCUT2D eigenvalue weighted by atomic mass is 32.1. The molecule has 4 nitrogen and oxygen atoms in total. The zero-order chi connectivity index (χ0) is 12.8. The Hall–Kier alpha value is -1.46. The number of nitrogens with zero attached hydrogens (tertiary/aromatic N) is 2. The van der Waals surface area contributed by atoms with Gasteiger partial charge in [0, 0.05) is 25.0 Å². The summed E-state index contributed by atoms with van der Waals surface area (Å²) in [7, 11) is 0. The molecular weight excluding hydrogens is 246 g/mol. The lowest BCUT2D eigenvalue weighted by atomic mass is 10.2. The number of rotatable bonds is 6. The fourth-order valence-corrected chi connectivity index (χ4v) is 2.38. The Morgan fingerprint density at radius 2 is 2.28 bits per heavy atom. The molecule has 0 aromatic carbocycles. The summed E-state index contributed by atoms with van der Waals surface area (Å²) in [5.74, 6) is 0. The molecule has 0 radical (unpaired) electrons. The third-order valence-corrected chi connectivity index (χ3v) is 3.45. The quantitative estimate of drug-likeness (QED) is 0.802. The second-order valence-electron chi connectivity index (χ2n) is 4.18. The van der Waals surface area contributed by atoms with Gasteiger partial charge in [-0.15, -0.1) is 0 Å². The summed E-state index contributed by atoms with van der Waals surface area (Å²) < 4.78 is 1.63. The zero-order valence-corrected chi connectivity index (χ0v) is 11.2. The standard InChI is InChI=1S/C13H17N3OS/c1-11-3-7-16(13(17)15-11)8-6-14-5-2-12-4-9-18-10-12/h3-4,7,9-10,14H,2,5-6,8H2,1H3. The van der Waals surface area contributed by atoms with Gasteiger partial charge in [0.25, 0.3) is 0 Å². The van der Waals surface area contributed by atoms with E-state index < -0.39 is 0 Å². The van der Waals surface area contributed by atoms with Crippen LogP contribution in [0.3, 0.4) is 0 Å². The predicted molar refractivity (Wildman–Crippen MR) is 74.1 cm³/mol. The van der Waals surface area contributed by atoms with Crippen LogP contribution in [0.2, 0.25) is 0 Å². The maximum absolute atomic E-state index is 11.5. The Morgan fingerprint density at radius 3 is 3.00 bits per heavy atom. The highest BCUT2D eigenvalue weighted by Gasteiger charge is 1.97. The fraction of sp³-hybridized carbons (Fsp3) is 0.385. The van der Waals surface area contributed by atoms with Gasteiger partial charge in [-0.25, -0.2) is 4.79 Å². The molecule has 2 heterocycles. The minimum Gasteiger partial charge on any atom is -0.315 e. The Bertz CT molecular complexity index is 533. The molecule has 0 atom stereocenters. The van der Waals surface area contributed by atoms with Crippen LogP contribution in [0.4, 0.5) is 0 Å². The number of hydrogen-bond acceptors (Lipinski definition) is 4.